The van der Waals surface area contributed by atoms with Crippen molar-refractivity contribution in [1.82, 2.24) is 0 Å². The largest absolute Gasteiger partial charge is 0.371 e. The summed E-state index contributed by atoms with van der Waals surface area (Å²) in [7, 11) is 1.64. The number of methoxy groups -OCH3 is 1. The van der Waals surface area contributed by atoms with E-state index in [0.29, 0.717) is 0 Å². The second kappa shape index (κ2) is 4.04. The Kier molecular flexibility index (Phi) is 3.27. The molecule has 0 unspecified atom stereocenters. The van der Waals surface area contributed by atoms with Crippen LogP contribution in [0.2, 0.25) is 0 Å². The first-order chi connectivity index (χ1) is 5.76. The number of carbonyl (C=O) groups is 1. The molecule has 1 saturated carbocycles. The standard InChI is InChI=1S/C10H18O2/c1-3-9-4-6-10(8-11,12-2)7-5-9/h8-9H,3-7H2,1-2H3. The minimum absolute atomic E-state index is 0.439. The van der Waals surface area contributed by atoms with Crippen molar-refractivity contribution in [2.75, 3.05) is 7.11 Å². The van der Waals surface area contributed by atoms with Crippen LogP contribution in [0, 0.1) is 5.92 Å². The van der Waals surface area contributed by atoms with Gasteiger partial charge in [-0.15, -0.1) is 0 Å². The Balaban J connectivity index is 2.47. The van der Waals surface area contributed by atoms with Gasteiger partial charge in [0.15, 0.2) is 6.29 Å². The van der Waals surface area contributed by atoms with Gasteiger partial charge in [-0.1, -0.05) is 13.3 Å². The molecule has 0 aliphatic heterocycles. The molecule has 0 N–H and O–H groups in total. The lowest BCUT2D eigenvalue weighted by Crippen LogP contribution is -2.37. The van der Waals surface area contributed by atoms with Crippen LogP contribution < -0.4 is 0 Å². The summed E-state index contributed by atoms with van der Waals surface area (Å²) in [4.78, 5) is 10.8. The smallest absolute Gasteiger partial charge is 0.151 e. The van der Waals surface area contributed by atoms with Crippen molar-refractivity contribution in [3.8, 4) is 0 Å². The number of carbonyl (C=O) groups excluding carboxylic acids is 1. The van der Waals surface area contributed by atoms with Crippen LogP contribution in [0.25, 0.3) is 0 Å². The fourth-order valence-electron chi connectivity index (χ4n) is 1.94. The maximum atomic E-state index is 10.8. The number of rotatable bonds is 3. The van der Waals surface area contributed by atoms with Crippen molar-refractivity contribution in [1.29, 1.82) is 0 Å². The average Bonchev–Trinajstić information content (AvgIpc) is 2.18. The van der Waals surface area contributed by atoms with Crippen LogP contribution in [0.1, 0.15) is 39.0 Å². The Morgan fingerprint density at radius 2 is 2.08 bits per heavy atom. The molecule has 2 heteroatoms. The molecule has 1 fully saturated rings. The van der Waals surface area contributed by atoms with Crippen molar-refractivity contribution in [3.05, 3.63) is 0 Å². The highest BCUT2D eigenvalue weighted by atomic mass is 16.5. The molecule has 0 aromatic carbocycles. The molecule has 0 heterocycles. The first-order valence-corrected chi connectivity index (χ1v) is 4.78. The molecule has 0 saturated heterocycles. The lowest BCUT2D eigenvalue weighted by Gasteiger charge is -2.34. The van der Waals surface area contributed by atoms with Crippen LogP contribution in [0.4, 0.5) is 0 Å². The van der Waals surface area contributed by atoms with E-state index in [9.17, 15) is 4.79 Å². The van der Waals surface area contributed by atoms with Gasteiger partial charge in [0.2, 0.25) is 0 Å². The van der Waals surface area contributed by atoms with E-state index < -0.39 is 5.60 Å². The molecule has 0 atom stereocenters. The molecule has 1 aliphatic carbocycles. The molecule has 12 heavy (non-hydrogen) atoms. The van der Waals surface area contributed by atoms with E-state index in [2.05, 4.69) is 6.92 Å². The minimum atomic E-state index is -0.439. The molecule has 2 nitrogen and oxygen atoms in total. The summed E-state index contributed by atoms with van der Waals surface area (Å²) in [6, 6.07) is 0. The summed E-state index contributed by atoms with van der Waals surface area (Å²) in [6.07, 6.45) is 6.32. The molecule has 0 spiro atoms. The number of hydrogen-bond donors (Lipinski definition) is 0. The molecule has 1 rings (SSSR count). The molecule has 0 amide bonds. The topological polar surface area (TPSA) is 26.3 Å². The maximum Gasteiger partial charge on any atom is 0.151 e. The SMILES string of the molecule is CCC1CCC(C=O)(OC)CC1. The molecule has 0 bridgehead atoms. The van der Waals surface area contributed by atoms with Gasteiger partial charge in [0.05, 0.1) is 0 Å². The van der Waals surface area contributed by atoms with Crippen LogP contribution in [-0.4, -0.2) is 19.0 Å². The van der Waals surface area contributed by atoms with Crippen LogP contribution >= 0.6 is 0 Å². The normalized spacial score (nSPS) is 36.3. The van der Waals surface area contributed by atoms with Gasteiger partial charge in [0, 0.05) is 7.11 Å². The van der Waals surface area contributed by atoms with Crippen molar-refractivity contribution < 1.29 is 9.53 Å². The molecule has 1 aliphatic rings. The average molecular weight is 170 g/mol. The first kappa shape index (κ1) is 9.72. The summed E-state index contributed by atoms with van der Waals surface area (Å²) < 4.78 is 5.25. The van der Waals surface area contributed by atoms with Gasteiger partial charge in [-0.25, -0.2) is 0 Å². The Morgan fingerprint density at radius 1 is 1.50 bits per heavy atom. The zero-order valence-electron chi connectivity index (χ0n) is 8.01. The highest BCUT2D eigenvalue weighted by molar-refractivity contribution is 5.62. The van der Waals surface area contributed by atoms with E-state index in [4.69, 9.17) is 4.74 Å². The second-order valence-corrected chi connectivity index (χ2v) is 3.74. The first-order valence-electron chi connectivity index (χ1n) is 4.78. The van der Waals surface area contributed by atoms with Gasteiger partial charge in [-0.3, -0.25) is 0 Å². The van der Waals surface area contributed by atoms with Crippen LogP contribution in [0.5, 0.6) is 0 Å². The van der Waals surface area contributed by atoms with Gasteiger partial charge < -0.3 is 9.53 Å². The Labute approximate surface area is 74.3 Å². The Bertz CT molecular complexity index is 146. The molecular formula is C10H18O2. The van der Waals surface area contributed by atoms with Gasteiger partial charge in [0.25, 0.3) is 0 Å². The van der Waals surface area contributed by atoms with Gasteiger partial charge >= 0.3 is 0 Å². The predicted octanol–water partition coefficient (Wildman–Crippen LogP) is 2.17. The number of ether oxygens (including phenoxy) is 1. The summed E-state index contributed by atoms with van der Waals surface area (Å²) in [5.41, 5.74) is -0.439. The van der Waals surface area contributed by atoms with Crippen molar-refractivity contribution in [3.63, 3.8) is 0 Å². The third-order valence-corrected chi connectivity index (χ3v) is 3.15. The number of aldehydes is 1. The number of hydrogen-bond acceptors (Lipinski definition) is 2. The minimum Gasteiger partial charge on any atom is -0.371 e. The van der Waals surface area contributed by atoms with Crippen molar-refractivity contribution in [2.45, 2.75) is 44.6 Å². The van der Waals surface area contributed by atoms with E-state index in [1.54, 1.807) is 7.11 Å². The zero-order valence-corrected chi connectivity index (χ0v) is 8.01. The second-order valence-electron chi connectivity index (χ2n) is 3.74. The van der Waals surface area contributed by atoms with Gasteiger partial charge in [0.1, 0.15) is 5.60 Å². The molecule has 70 valence electrons. The fourth-order valence-corrected chi connectivity index (χ4v) is 1.94. The van der Waals surface area contributed by atoms with E-state index in [0.717, 1.165) is 37.9 Å². The van der Waals surface area contributed by atoms with Gasteiger partial charge in [-0.2, -0.15) is 0 Å². The maximum absolute atomic E-state index is 10.8. The summed E-state index contributed by atoms with van der Waals surface area (Å²) in [5, 5.41) is 0. The Hall–Kier alpha value is -0.370. The highest BCUT2D eigenvalue weighted by Gasteiger charge is 2.34. The third kappa shape index (κ3) is 1.86. The molecule has 0 aromatic rings. The van der Waals surface area contributed by atoms with Crippen molar-refractivity contribution in [2.24, 2.45) is 5.92 Å². The van der Waals surface area contributed by atoms with Crippen LogP contribution in [0.3, 0.4) is 0 Å². The van der Waals surface area contributed by atoms with E-state index >= 15 is 0 Å². The predicted molar refractivity (Wildman–Crippen MR) is 48.1 cm³/mol. The Morgan fingerprint density at radius 3 is 2.42 bits per heavy atom. The highest BCUT2D eigenvalue weighted by Crippen LogP contribution is 2.34. The summed E-state index contributed by atoms with van der Waals surface area (Å²) in [5.74, 6) is 0.813. The zero-order chi connectivity index (χ0) is 9.03. The monoisotopic (exact) mass is 170 g/mol. The molecule has 0 aromatic heterocycles. The molecular weight excluding hydrogens is 152 g/mol. The fraction of sp³-hybridized carbons (Fsp3) is 0.900. The van der Waals surface area contributed by atoms with E-state index in [-0.39, 0.29) is 0 Å². The molecule has 0 radical (unpaired) electrons. The summed E-state index contributed by atoms with van der Waals surface area (Å²) >= 11 is 0. The van der Waals surface area contributed by atoms with E-state index in [1.165, 1.54) is 6.42 Å². The lowest BCUT2D eigenvalue weighted by molar-refractivity contribution is -0.132. The van der Waals surface area contributed by atoms with E-state index in [1.807, 2.05) is 0 Å². The van der Waals surface area contributed by atoms with Crippen LogP contribution in [0.15, 0.2) is 0 Å². The summed E-state index contributed by atoms with van der Waals surface area (Å²) in [6.45, 7) is 2.21. The van der Waals surface area contributed by atoms with Crippen LogP contribution in [-0.2, 0) is 9.53 Å². The third-order valence-electron chi connectivity index (χ3n) is 3.15. The van der Waals surface area contributed by atoms with Gasteiger partial charge in [-0.05, 0) is 31.6 Å². The van der Waals surface area contributed by atoms with Crippen molar-refractivity contribution >= 4 is 6.29 Å². The lowest BCUT2D eigenvalue weighted by atomic mass is 9.78. The quantitative estimate of drug-likeness (QED) is 0.607.